The standard InChI is InChI=1S/C14H26S/c1-2-3-4-5-6-7-8-9-10-11-12-13-14-15/h1,15H,3-14H2. The van der Waals surface area contributed by atoms with E-state index < -0.39 is 0 Å². The van der Waals surface area contributed by atoms with Crippen LogP contribution in [0.4, 0.5) is 0 Å². The molecule has 1 heteroatoms. The summed E-state index contributed by atoms with van der Waals surface area (Å²) in [5.41, 5.74) is 0. The van der Waals surface area contributed by atoms with Gasteiger partial charge in [0.2, 0.25) is 0 Å². The number of unbranched alkanes of at least 4 members (excludes halogenated alkanes) is 10. The zero-order valence-corrected chi connectivity index (χ0v) is 10.9. The zero-order chi connectivity index (χ0) is 11.2. The molecule has 0 aromatic heterocycles. The molecule has 0 aliphatic heterocycles. The van der Waals surface area contributed by atoms with Crippen LogP contribution in [0.15, 0.2) is 0 Å². The Morgan fingerprint density at radius 1 is 0.667 bits per heavy atom. The molecule has 0 radical (unpaired) electrons. The van der Waals surface area contributed by atoms with Gasteiger partial charge in [0.15, 0.2) is 0 Å². The number of thiol groups is 1. The zero-order valence-electron chi connectivity index (χ0n) is 10.0. The quantitative estimate of drug-likeness (QED) is 0.291. The van der Waals surface area contributed by atoms with Crippen LogP contribution >= 0.6 is 12.6 Å². The maximum absolute atomic E-state index is 5.19. The second-order valence-corrected chi connectivity index (χ2v) is 4.66. The summed E-state index contributed by atoms with van der Waals surface area (Å²) in [6.07, 6.45) is 19.8. The van der Waals surface area contributed by atoms with E-state index in [1.165, 1.54) is 64.2 Å². The van der Waals surface area contributed by atoms with Crippen LogP contribution in [0.1, 0.15) is 70.6 Å². The highest BCUT2D eigenvalue weighted by molar-refractivity contribution is 7.80. The van der Waals surface area contributed by atoms with Crippen LogP contribution in [0.5, 0.6) is 0 Å². The van der Waals surface area contributed by atoms with Gasteiger partial charge in [-0.2, -0.15) is 12.6 Å². The third kappa shape index (κ3) is 13.9. The minimum Gasteiger partial charge on any atom is -0.179 e. The van der Waals surface area contributed by atoms with E-state index >= 15 is 0 Å². The van der Waals surface area contributed by atoms with E-state index in [9.17, 15) is 0 Å². The summed E-state index contributed by atoms with van der Waals surface area (Å²) in [5.74, 6) is 3.74. The fourth-order valence-electron chi connectivity index (χ4n) is 1.75. The molecular formula is C14H26S. The van der Waals surface area contributed by atoms with Gasteiger partial charge in [0.25, 0.3) is 0 Å². The molecular weight excluding hydrogens is 200 g/mol. The van der Waals surface area contributed by atoms with Gasteiger partial charge in [-0.15, -0.1) is 12.3 Å². The molecule has 0 aliphatic carbocycles. The first kappa shape index (κ1) is 14.9. The van der Waals surface area contributed by atoms with Crippen molar-refractivity contribution in [3.8, 4) is 12.3 Å². The minimum atomic E-state index is 0.962. The van der Waals surface area contributed by atoms with Gasteiger partial charge in [0.05, 0.1) is 0 Å². The first-order chi connectivity index (χ1) is 7.41. The Bertz CT molecular complexity index is 146. The second kappa shape index (κ2) is 13.9. The number of terminal acetylenes is 1. The Morgan fingerprint density at radius 2 is 1.07 bits per heavy atom. The Balaban J connectivity index is 2.84. The monoisotopic (exact) mass is 226 g/mol. The molecule has 15 heavy (non-hydrogen) atoms. The van der Waals surface area contributed by atoms with Crippen LogP contribution in [0.2, 0.25) is 0 Å². The Hall–Kier alpha value is -0.0900. The van der Waals surface area contributed by atoms with Gasteiger partial charge in [-0.25, -0.2) is 0 Å². The van der Waals surface area contributed by atoms with Crippen molar-refractivity contribution in [3.05, 3.63) is 0 Å². The topological polar surface area (TPSA) is 0 Å². The molecule has 0 atom stereocenters. The molecule has 0 rings (SSSR count). The first-order valence-corrected chi connectivity index (χ1v) is 7.09. The smallest absolute Gasteiger partial charge is 0.00860 e. The maximum Gasteiger partial charge on any atom is 0.00860 e. The molecule has 88 valence electrons. The summed E-state index contributed by atoms with van der Waals surface area (Å²) in [4.78, 5) is 0. The number of hydrogen-bond acceptors (Lipinski definition) is 1. The van der Waals surface area contributed by atoms with Crippen molar-refractivity contribution >= 4 is 12.6 Å². The molecule has 0 aliphatic rings. The molecule has 0 saturated heterocycles. The molecule has 0 spiro atoms. The van der Waals surface area contributed by atoms with Crippen LogP contribution < -0.4 is 0 Å². The number of rotatable bonds is 11. The molecule has 0 nitrogen and oxygen atoms in total. The molecule has 0 aromatic carbocycles. The van der Waals surface area contributed by atoms with E-state index in [4.69, 9.17) is 6.42 Å². The van der Waals surface area contributed by atoms with Crippen LogP contribution in [0.3, 0.4) is 0 Å². The van der Waals surface area contributed by atoms with Crippen molar-refractivity contribution in [2.45, 2.75) is 70.6 Å². The van der Waals surface area contributed by atoms with Crippen molar-refractivity contribution in [1.29, 1.82) is 0 Å². The third-order valence-electron chi connectivity index (χ3n) is 2.73. The van der Waals surface area contributed by atoms with Gasteiger partial charge in [0, 0.05) is 6.42 Å². The van der Waals surface area contributed by atoms with Crippen LogP contribution in [0, 0.1) is 12.3 Å². The Morgan fingerprint density at radius 3 is 1.47 bits per heavy atom. The largest absolute Gasteiger partial charge is 0.179 e. The fraction of sp³-hybridized carbons (Fsp3) is 0.857. The third-order valence-corrected chi connectivity index (χ3v) is 3.05. The summed E-state index contributed by atoms with van der Waals surface area (Å²) in [5, 5.41) is 0. The first-order valence-electron chi connectivity index (χ1n) is 6.46. The Kier molecular flexibility index (Phi) is 13.8. The minimum absolute atomic E-state index is 0.962. The lowest BCUT2D eigenvalue weighted by atomic mass is 10.1. The predicted molar refractivity (Wildman–Crippen MR) is 73.5 cm³/mol. The van der Waals surface area contributed by atoms with Crippen molar-refractivity contribution < 1.29 is 0 Å². The highest BCUT2D eigenvalue weighted by Crippen LogP contribution is 2.11. The molecule has 0 N–H and O–H groups in total. The molecule has 0 amide bonds. The van der Waals surface area contributed by atoms with E-state index in [0.29, 0.717) is 0 Å². The summed E-state index contributed by atoms with van der Waals surface area (Å²) >= 11 is 4.21. The molecule has 0 bridgehead atoms. The molecule has 0 saturated carbocycles. The predicted octanol–water partition coefficient (Wildman–Crippen LogP) is 4.84. The number of hydrogen-bond donors (Lipinski definition) is 1. The normalized spacial score (nSPS) is 10.1. The lowest BCUT2D eigenvalue weighted by molar-refractivity contribution is 0.559. The molecule has 0 fully saturated rings. The highest BCUT2D eigenvalue weighted by Gasteiger charge is 1.92. The SMILES string of the molecule is C#CCCCCCCCCCCCCS. The van der Waals surface area contributed by atoms with Gasteiger partial charge in [-0.1, -0.05) is 51.4 Å². The average molecular weight is 226 g/mol. The summed E-state index contributed by atoms with van der Waals surface area (Å²) in [7, 11) is 0. The lowest BCUT2D eigenvalue weighted by Gasteiger charge is -2.01. The van der Waals surface area contributed by atoms with Crippen molar-refractivity contribution in [3.63, 3.8) is 0 Å². The van der Waals surface area contributed by atoms with Gasteiger partial charge >= 0.3 is 0 Å². The van der Waals surface area contributed by atoms with E-state index in [-0.39, 0.29) is 0 Å². The summed E-state index contributed by atoms with van der Waals surface area (Å²) < 4.78 is 0. The van der Waals surface area contributed by atoms with Crippen molar-refractivity contribution in [2.24, 2.45) is 0 Å². The van der Waals surface area contributed by atoms with Gasteiger partial charge < -0.3 is 0 Å². The van der Waals surface area contributed by atoms with Gasteiger partial charge in [0.1, 0.15) is 0 Å². The highest BCUT2D eigenvalue weighted by atomic mass is 32.1. The van der Waals surface area contributed by atoms with E-state index in [2.05, 4.69) is 18.5 Å². The Labute approximate surface area is 102 Å². The van der Waals surface area contributed by atoms with Crippen molar-refractivity contribution in [1.82, 2.24) is 0 Å². The van der Waals surface area contributed by atoms with Crippen LogP contribution in [0.25, 0.3) is 0 Å². The average Bonchev–Trinajstić information content (AvgIpc) is 2.26. The van der Waals surface area contributed by atoms with E-state index in [0.717, 1.165) is 12.2 Å². The van der Waals surface area contributed by atoms with Crippen LogP contribution in [-0.2, 0) is 0 Å². The van der Waals surface area contributed by atoms with Gasteiger partial charge in [-0.3, -0.25) is 0 Å². The second-order valence-electron chi connectivity index (χ2n) is 4.21. The fourth-order valence-corrected chi connectivity index (χ4v) is 1.98. The van der Waals surface area contributed by atoms with Crippen LogP contribution in [-0.4, -0.2) is 5.75 Å². The van der Waals surface area contributed by atoms with E-state index in [1.54, 1.807) is 0 Å². The molecule has 0 unspecified atom stereocenters. The summed E-state index contributed by atoms with van der Waals surface area (Å²) in [6, 6.07) is 0. The van der Waals surface area contributed by atoms with E-state index in [1.807, 2.05) is 0 Å². The molecule has 0 heterocycles. The molecule has 0 aromatic rings. The van der Waals surface area contributed by atoms with Gasteiger partial charge in [-0.05, 0) is 18.6 Å². The lowest BCUT2D eigenvalue weighted by Crippen LogP contribution is -1.82. The summed E-state index contributed by atoms with van der Waals surface area (Å²) in [6.45, 7) is 0. The van der Waals surface area contributed by atoms with Crippen molar-refractivity contribution in [2.75, 3.05) is 5.75 Å². The maximum atomic E-state index is 5.19.